The summed E-state index contributed by atoms with van der Waals surface area (Å²) < 4.78 is 18.6. The molecule has 0 aliphatic carbocycles. The van der Waals surface area contributed by atoms with Crippen molar-refractivity contribution in [3.05, 3.63) is 35.6 Å². The molecule has 1 aliphatic rings. The van der Waals surface area contributed by atoms with Crippen LogP contribution in [-0.4, -0.2) is 26.3 Å². The second-order valence-electron chi connectivity index (χ2n) is 4.46. The smallest absolute Gasteiger partial charge is 0.126 e. The van der Waals surface area contributed by atoms with Crippen molar-refractivity contribution in [1.29, 1.82) is 0 Å². The Balaban J connectivity index is 1.90. The molecule has 16 heavy (non-hydrogen) atoms. The van der Waals surface area contributed by atoms with E-state index in [1.54, 1.807) is 13.2 Å². The highest BCUT2D eigenvalue weighted by Crippen LogP contribution is 2.20. The third kappa shape index (κ3) is 2.80. The van der Waals surface area contributed by atoms with E-state index in [1.807, 2.05) is 12.1 Å². The molecule has 0 radical (unpaired) electrons. The van der Waals surface area contributed by atoms with Crippen LogP contribution >= 0.6 is 0 Å². The minimum absolute atomic E-state index is 0.0855. The lowest BCUT2D eigenvalue weighted by Crippen LogP contribution is -2.25. The van der Waals surface area contributed by atoms with Gasteiger partial charge in [-0.25, -0.2) is 4.39 Å². The Labute approximate surface area is 95.8 Å². The van der Waals surface area contributed by atoms with Crippen molar-refractivity contribution in [2.45, 2.75) is 18.9 Å². The van der Waals surface area contributed by atoms with Crippen LogP contribution in [0.1, 0.15) is 12.0 Å². The number of rotatable bonds is 4. The van der Waals surface area contributed by atoms with Crippen molar-refractivity contribution in [3.8, 4) is 0 Å². The van der Waals surface area contributed by atoms with Gasteiger partial charge in [0, 0.05) is 13.2 Å². The maximum atomic E-state index is 13.4. The summed E-state index contributed by atoms with van der Waals surface area (Å²) in [5, 5.41) is 3.40. The average Bonchev–Trinajstić information content (AvgIpc) is 2.70. The second kappa shape index (κ2) is 5.41. The molecular formula is C13H18FNO. The Morgan fingerprint density at radius 1 is 1.44 bits per heavy atom. The summed E-state index contributed by atoms with van der Waals surface area (Å²) in [5.41, 5.74) is 0.826. The predicted molar refractivity (Wildman–Crippen MR) is 61.9 cm³/mol. The summed E-state index contributed by atoms with van der Waals surface area (Å²) >= 11 is 0. The molecule has 1 N–H and O–H groups in total. The molecule has 0 amide bonds. The largest absolute Gasteiger partial charge is 0.383 e. The third-order valence-electron chi connectivity index (χ3n) is 3.15. The molecular weight excluding hydrogens is 205 g/mol. The van der Waals surface area contributed by atoms with Crippen LogP contribution in [0.2, 0.25) is 0 Å². The van der Waals surface area contributed by atoms with Gasteiger partial charge in [0.1, 0.15) is 5.82 Å². The Morgan fingerprint density at radius 3 is 3.00 bits per heavy atom. The Bertz CT molecular complexity index is 342. The first-order valence-electron chi connectivity index (χ1n) is 5.75. The number of hydrogen-bond donors (Lipinski definition) is 1. The molecule has 1 fully saturated rings. The summed E-state index contributed by atoms with van der Waals surface area (Å²) in [4.78, 5) is 0. The van der Waals surface area contributed by atoms with E-state index in [9.17, 15) is 4.39 Å². The second-order valence-corrected chi connectivity index (χ2v) is 4.46. The van der Waals surface area contributed by atoms with Crippen molar-refractivity contribution < 1.29 is 9.13 Å². The molecule has 2 atom stereocenters. The summed E-state index contributed by atoms with van der Waals surface area (Å²) in [5.74, 6) is 0.440. The lowest BCUT2D eigenvalue weighted by molar-refractivity contribution is 0.172. The quantitative estimate of drug-likeness (QED) is 0.843. The molecule has 0 aromatic heterocycles. The first-order valence-corrected chi connectivity index (χ1v) is 5.75. The van der Waals surface area contributed by atoms with Gasteiger partial charge < -0.3 is 10.1 Å². The van der Waals surface area contributed by atoms with Gasteiger partial charge in [-0.05, 0) is 36.9 Å². The van der Waals surface area contributed by atoms with Gasteiger partial charge >= 0.3 is 0 Å². The molecule has 3 heteroatoms. The fraction of sp³-hybridized carbons (Fsp3) is 0.538. The topological polar surface area (TPSA) is 21.3 Å². The van der Waals surface area contributed by atoms with Gasteiger partial charge in [0.25, 0.3) is 0 Å². The van der Waals surface area contributed by atoms with Crippen molar-refractivity contribution >= 4 is 0 Å². The van der Waals surface area contributed by atoms with E-state index < -0.39 is 0 Å². The normalized spacial score (nSPS) is 24.9. The number of hydrogen-bond acceptors (Lipinski definition) is 2. The van der Waals surface area contributed by atoms with Crippen LogP contribution in [0.5, 0.6) is 0 Å². The Kier molecular flexibility index (Phi) is 3.91. The van der Waals surface area contributed by atoms with Crippen molar-refractivity contribution in [2.24, 2.45) is 5.92 Å². The number of benzene rings is 1. The summed E-state index contributed by atoms with van der Waals surface area (Å²) in [7, 11) is 1.71. The first kappa shape index (κ1) is 11.6. The van der Waals surface area contributed by atoms with Crippen LogP contribution in [-0.2, 0) is 11.2 Å². The molecule has 88 valence electrons. The van der Waals surface area contributed by atoms with E-state index in [4.69, 9.17) is 4.74 Å². The van der Waals surface area contributed by atoms with E-state index in [0.29, 0.717) is 12.0 Å². The number of nitrogens with one attached hydrogen (secondary N) is 1. The monoisotopic (exact) mass is 223 g/mol. The highest BCUT2D eigenvalue weighted by Gasteiger charge is 2.24. The molecule has 1 heterocycles. The summed E-state index contributed by atoms with van der Waals surface area (Å²) in [6.07, 6.45) is 1.89. The van der Waals surface area contributed by atoms with E-state index in [0.717, 1.165) is 31.6 Å². The van der Waals surface area contributed by atoms with Crippen LogP contribution in [0.25, 0.3) is 0 Å². The van der Waals surface area contributed by atoms with Crippen LogP contribution in [0, 0.1) is 11.7 Å². The van der Waals surface area contributed by atoms with Gasteiger partial charge in [0.15, 0.2) is 0 Å². The van der Waals surface area contributed by atoms with Gasteiger partial charge in [-0.3, -0.25) is 0 Å². The van der Waals surface area contributed by atoms with Crippen molar-refractivity contribution in [1.82, 2.24) is 5.32 Å². The van der Waals surface area contributed by atoms with E-state index in [1.165, 1.54) is 6.07 Å². The van der Waals surface area contributed by atoms with Crippen molar-refractivity contribution in [3.63, 3.8) is 0 Å². The minimum atomic E-state index is -0.0855. The fourth-order valence-corrected chi connectivity index (χ4v) is 2.36. The lowest BCUT2D eigenvalue weighted by Gasteiger charge is -2.10. The van der Waals surface area contributed by atoms with Crippen molar-refractivity contribution in [2.75, 3.05) is 20.3 Å². The average molecular weight is 223 g/mol. The molecule has 0 saturated carbocycles. The molecule has 1 aromatic rings. The third-order valence-corrected chi connectivity index (χ3v) is 3.15. The number of methoxy groups -OCH3 is 1. The van der Waals surface area contributed by atoms with Crippen LogP contribution < -0.4 is 5.32 Å². The standard InChI is InChI=1S/C13H18FNO/c1-16-9-12-7-10(8-15-12)6-11-4-2-3-5-13(11)14/h2-5,10,12,15H,6-9H2,1H3. The number of ether oxygens (including phenoxy) is 1. The SMILES string of the molecule is COCC1CC(Cc2ccccc2F)CN1. The van der Waals surface area contributed by atoms with Crippen LogP contribution in [0.4, 0.5) is 4.39 Å². The molecule has 0 spiro atoms. The molecule has 1 aromatic carbocycles. The maximum absolute atomic E-state index is 13.4. The first-order chi connectivity index (χ1) is 7.79. The molecule has 1 saturated heterocycles. The van der Waals surface area contributed by atoms with E-state index in [2.05, 4.69) is 5.32 Å². The molecule has 0 bridgehead atoms. The van der Waals surface area contributed by atoms with Gasteiger partial charge in [0.2, 0.25) is 0 Å². The van der Waals surface area contributed by atoms with Gasteiger partial charge in [0.05, 0.1) is 6.61 Å². The Hall–Kier alpha value is -0.930. The number of halogens is 1. The zero-order valence-corrected chi connectivity index (χ0v) is 9.58. The van der Waals surface area contributed by atoms with Crippen LogP contribution in [0.3, 0.4) is 0 Å². The zero-order chi connectivity index (χ0) is 11.4. The summed E-state index contributed by atoms with van der Waals surface area (Å²) in [6.45, 7) is 1.70. The lowest BCUT2D eigenvalue weighted by atomic mass is 9.96. The highest BCUT2D eigenvalue weighted by molar-refractivity contribution is 5.18. The molecule has 2 rings (SSSR count). The maximum Gasteiger partial charge on any atom is 0.126 e. The zero-order valence-electron chi connectivity index (χ0n) is 9.58. The molecule has 2 nitrogen and oxygen atoms in total. The predicted octanol–water partition coefficient (Wildman–Crippen LogP) is 1.99. The van der Waals surface area contributed by atoms with Crippen LogP contribution in [0.15, 0.2) is 24.3 Å². The van der Waals surface area contributed by atoms with E-state index in [-0.39, 0.29) is 5.82 Å². The summed E-state index contributed by atoms with van der Waals surface area (Å²) in [6, 6.07) is 7.47. The minimum Gasteiger partial charge on any atom is -0.383 e. The highest BCUT2D eigenvalue weighted by atomic mass is 19.1. The van der Waals surface area contributed by atoms with E-state index >= 15 is 0 Å². The molecule has 2 unspecified atom stereocenters. The molecule has 1 aliphatic heterocycles. The van der Waals surface area contributed by atoms with Gasteiger partial charge in [-0.1, -0.05) is 18.2 Å². The Morgan fingerprint density at radius 2 is 2.25 bits per heavy atom. The fourth-order valence-electron chi connectivity index (χ4n) is 2.36. The van der Waals surface area contributed by atoms with Gasteiger partial charge in [-0.15, -0.1) is 0 Å². The van der Waals surface area contributed by atoms with Gasteiger partial charge in [-0.2, -0.15) is 0 Å².